The lowest BCUT2D eigenvalue weighted by Gasteiger charge is -2.15. The van der Waals surface area contributed by atoms with E-state index in [0.717, 1.165) is 6.42 Å². The molecular weight excluding hydrogens is 226 g/mol. The van der Waals surface area contributed by atoms with Crippen LogP contribution in [0, 0.1) is 11.3 Å². The predicted molar refractivity (Wildman–Crippen MR) is 70.6 cm³/mol. The van der Waals surface area contributed by atoms with E-state index in [1.54, 1.807) is 6.92 Å². The van der Waals surface area contributed by atoms with E-state index in [1.165, 1.54) is 5.56 Å². The molecule has 0 aromatic heterocycles. The minimum absolute atomic E-state index is 0.148. The van der Waals surface area contributed by atoms with Crippen LogP contribution in [0.3, 0.4) is 0 Å². The van der Waals surface area contributed by atoms with Gasteiger partial charge in [-0.25, -0.2) is 0 Å². The maximum Gasteiger partial charge on any atom is 0.237 e. The Bertz CT molecular complexity index is 411. The lowest BCUT2D eigenvalue weighted by Crippen LogP contribution is -2.44. The minimum atomic E-state index is -0.522. The molecule has 4 nitrogen and oxygen atoms in total. The summed E-state index contributed by atoms with van der Waals surface area (Å²) in [5, 5.41) is 11.2. The number of nitrogens with zero attached hydrogens (tertiary/aromatic N) is 1. The Hall–Kier alpha value is -1.86. The third-order valence-corrected chi connectivity index (χ3v) is 2.71. The van der Waals surface area contributed by atoms with E-state index in [-0.39, 0.29) is 11.9 Å². The lowest BCUT2D eigenvalue weighted by molar-refractivity contribution is -0.123. The van der Waals surface area contributed by atoms with Crippen molar-refractivity contribution in [1.29, 1.82) is 5.26 Å². The van der Waals surface area contributed by atoms with Gasteiger partial charge in [-0.1, -0.05) is 30.3 Å². The molecule has 0 aliphatic heterocycles. The molecule has 4 heteroatoms. The van der Waals surface area contributed by atoms with Gasteiger partial charge >= 0.3 is 0 Å². The van der Waals surface area contributed by atoms with Crippen molar-refractivity contribution in [1.82, 2.24) is 5.32 Å². The van der Waals surface area contributed by atoms with Gasteiger partial charge in [0, 0.05) is 6.04 Å². The van der Waals surface area contributed by atoms with Crippen LogP contribution in [0.4, 0.5) is 0 Å². The summed E-state index contributed by atoms with van der Waals surface area (Å²) < 4.78 is 0. The first kappa shape index (κ1) is 14.2. The normalized spacial score (nSPS) is 13.4. The summed E-state index contributed by atoms with van der Waals surface area (Å²) in [7, 11) is 0. The van der Waals surface area contributed by atoms with Crippen molar-refractivity contribution in [2.75, 3.05) is 0 Å². The number of carbonyl (C=O) groups is 1. The second-order valence-electron chi connectivity index (χ2n) is 4.40. The average Bonchev–Trinajstić information content (AvgIpc) is 2.37. The average molecular weight is 245 g/mol. The zero-order valence-electron chi connectivity index (χ0n) is 10.6. The van der Waals surface area contributed by atoms with Crippen molar-refractivity contribution in [2.45, 2.75) is 38.3 Å². The molecule has 1 aromatic rings. The van der Waals surface area contributed by atoms with Gasteiger partial charge in [0.15, 0.2) is 0 Å². The summed E-state index contributed by atoms with van der Waals surface area (Å²) in [6.45, 7) is 1.80. The van der Waals surface area contributed by atoms with E-state index in [4.69, 9.17) is 11.0 Å². The SMILES string of the molecule is CC(CC#N)NC(=O)C(N)CCc1ccccc1. The zero-order chi connectivity index (χ0) is 13.4. The van der Waals surface area contributed by atoms with Crippen molar-refractivity contribution < 1.29 is 4.79 Å². The topological polar surface area (TPSA) is 78.9 Å². The van der Waals surface area contributed by atoms with Crippen molar-refractivity contribution in [3.05, 3.63) is 35.9 Å². The molecule has 18 heavy (non-hydrogen) atoms. The van der Waals surface area contributed by atoms with Crippen LogP contribution in [0.5, 0.6) is 0 Å². The van der Waals surface area contributed by atoms with E-state index in [2.05, 4.69) is 5.32 Å². The van der Waals surface area contributed by atoms with Crippen molar-refractivity contribution in [3.8, 4) is 6.07 Å². The number of hydrogen-bond acceptors (Lipinski definition) is 3. The molecule has 0 aliphatic rings. The molecule has 3 N–H and O–H groups in total. The van der Waals surface area contributed by atoms with Gasteiger partial charge in [-0.3, -0.25) is 4.79 Å². The monoisotopic (exact) mass is 245 g/mol. The number of aryl methyl sites for hydroxylation is 1. The van der Waals surface area contributed by atoms with Crippen molar-refractivity contribution >= 4 is 5.91 Å². The highest BCUT2D eigenvalue weighted by atomic mass is 16.2. The Labute approximate surface area is 108 Å². The minimum Gasteiger partial charge on any atom is -0.351 e. The molecule has 0 aliphatic carbocycles. The number of benzene rings is 1. The maximum atomic E-state index is 11.7. The van der Waals surface area contributed by atoms with Crippen LogP contribution in [-0.2, 0) is 11.2 Å². The molecule has 1 rings (SSSR count). The van der Waals surface area contributed by atoms with E-state index < -0.39 is 6.04 Å². The summed E-state index contributed by atoms with van der Waals surface area (Å²) in [5.41, 5.74) is 6.99. The number of carbonyl (C=O) groups excluding carboxylic acids is 1. The molecule has 96 valence electrons. The quantitative estimate of drug-likeness (QED) is 0.794. The van der Waals surface area contributed by atoms with Gasteiger partial charge in [0.25, 0.3) is 0 Å². The molecule has 1 amide bonds. The Morgan fingerprint density at radius 2 is 2.11 bits per heavy atom. The Balaban J connectivity index is 2.34. The fourth-order valence-corrected chi connectivity index (χ4v) is 1.64. The smallest absolute Gasteiger partial charge is 0.237 e. The highest BCUT2D eigenvalue weighted by Gasteiger charge is 2.15. The number of nitrogens with two attached hydrogens (primary N) is 1. The van der Waals surface area contributed by atoms with Crippen molar-refractivity contribution in [3.63, 3.8) is 0 Å². The molecule has 0 saturated heterocycles. The van der Waals surface area contributed by atoms with Gasteiger partial charge < -0.3 is 11.1 Å². The van der Waals surface area contributed by atoms with Gasteiger partial charge in [0.1, 0.15) is 0 Å². The van der Waals surface area contributed by atoms with Crippen LogP contribution in [0.1, 0.15) is 25.3 Å². The van der Waals surface area contributed by atoms with Crippen LogP contribution >= 0.6 is 0 Å². The summed E-state index contributed by atoms with van der Waals surface area (Å²) >= 11 is 0. The molecule has 0 bridgehead atoms. The molecule has 0 spiro atoms. The standard InChI is InChI=1S/C14H19N3O/c1-11(9-10-15)17-14(18)13(16)8-7-12-5-3-2-4-6-12/h2-6,11,13H,7-9,16H2,1H3,(H,17,18). The van der Waals surface area contributed by atoms with Gasteiger partial charge in [0.2, 0.25) is 5.91 Å². The Morgan fingerprint density at radius 1 is 1.44 bits per heavy atom. The van der Waals surface area contributed by atoms with Crippen LogP contribution in [0.2, 0.25) is 0 Å². The Kier molecular flexibility index (Phi) is 5.89. The number of rotatable bonds is 6. The van der Waals surface area contributed by atoms with E-state index >= 15 is 0 Å². The summed E-state index contributed by atoms with van der Waals surface area (Å²) in [6, 6.07) is 11.3. The summed E-state index contributed by atoms with van der Waals surface area (Å²) in [4.78, 5) is 11.7. The molecule has 2 atom stereocenters. The highest BCUT2D eigenvalue weighted by molar-refractivity contribution is 5.81. The second-order valence-corrected chi connectivity index (χ2v) is 4.40. The molecule has 2 unspecified atom stereocenters. The molecule has 0 saturated carbocycles. The molecule has 0 radical (unpaired) electrons. The van der Waals surface area contributed by atoms with Crippen LogP contribution in [0.15, 0.2) is 30.3 Å². The Morgan fingerprint density at radius 3 is 2.72 bits per heavy atom. The van der Waals surface area contributed by atoms with Crippen LogP contribution in [-0.4, -0.2) is 18.0 Å². The predicted octanol–water partition coefficient (Wildman–Crippen LogP) is 1.36. The van der Waals surface area contributed by atoms with Gasteiger partial charge in [-0.15, -0.1) is 0 Å². The van der Waals surface area contributed by atoms with E-state index in [0.29, 0.717) is 12.8 Å². The molecule has 1 aromatic carbocycles. The van der Waals surface area contributed by atoms with Gasteiger partial charge in [-0.05, 0) is 25.3 Å². The van der Waals surface area contributed by atoms with E-state index in [9.17, 15) is 4.79 Å². The van der Waals surface area contributed by atoms with Crippen LogP contribution < -0.4 is 11.1 Å². The largest absolute Gasteiger partial charge is 0.351 e. The van der Waals surface area contributed by atoms with Gasteiger partial charge in [-0.2, -0.15) is 5.26 Å². The van der Waals surface area contributed by atoms with E-state index in [1.807, 2.05) is 36.4 Å². The molecular formula is C14H19N3O. The number of nitriles is 1. The van der Waals surface area contributed by atoms with Crippen molar-refractivity contribution in [2.24, 2.45) is 5.73 Å². The molecule has 0 fully saturated rings. The maximum absolute atomic E-state index is 11.7. The fraction of sp³-hybridized carbons (Fsp3) is 0.429. The third kappa shape index (κ3) is 4.98. The zero-order valence-corrected chi connectivity index (χ0v) is 10.6. The fourth-order valence-electron chi connectivity index (χ4n) is 1.64. The molecule has 0 heterocycles. The summed E-state index contributed by atoms with van der Waals surface area (Å²) in [6.07, 6.45) is 1.69. The highest BCUT2D eigenvalue weighted by Crippen LogP contribution is 2.04. The summed E-state index contributed by atoms with van der Waals surface area (Å²) in [5.74, 6) is -0.186. The third-order valence-electron chi connectivity index (χ3n) is 2.71. The number of amides is 1. The van der Waals surface area contributed by atoms with Crippen LogP contribution in [0.25, 0.3) is 0 Å². The first-order valence-electron chi connectivity index (χ1n) is 6.10. The number of hydrogen-bond donors (Lipinski definition) is 2. The second kappa shape index (κ2) is 7.46. The first-order valence-corrected chi connectivity index (χ1v) is 6.10. The lowest BCUT2D eigenvalue weighted by atomic mass is 10.1. The first-order chi connectivity index (χ1) is 8.63. The number of nitrogens with one attached hydrogen (secondary N) is 1. The van der Waals surface area contributed by atoms with Gasteiger partial charge in [0.05, 0.1) is 18.5 Å².